The number of fused-ring (bicyclic) bond motifs is 1. The molecular formula is C14H19N3S. The van der Waals surface area contributed by atoms with E-state index in [1.54, 1.807) is 11.3 Å². The second-order valence-electron chi connectivity index (χ2n) is 5.11. The number of anilines is 1. The van der Waals surface area contributed by atoms with Crippen molar-refractivity contribution in [1.82, 2.24) is 9.88 Å². The van der Waals surface area contributed by atoms with E-state index in [1.165, 1.54) is 42.7 Å². The molecule has 1 aromatic carbocycles. The number of benzene rings is 1. The lowest BCUT2D eigenvalue weighted by Gasteiger charge is -2.18. The summed E-state index contributed by atoms with van der Waals surface area (Å²) in [5, 5.41) is 3.68. The van der Waals surface area contributed by atoms with Crippen molar-refractivity contribution in [1.29, 1.82) is 0 Å². The second-order valence-corrected chi connectivity index (χ2v) is 6.00. The van der Waals surface area contributed by atoms with Crippen LogP contribution < -0.4 is 5.32 Å². The fourth-order valence-electron chi connectivity index (χ4n) is 2.56. The molecule has 2 aromatic rings. The first-order valence-corrected chi connectivity index (χ1v) is 7.47. The predicted octanol–water partition coefficient (Wildman–Crippen LogP) is 3.19. The first kappa shape index (κ1) is 11.9. The van der Waals surface area contributed by atoms with Gasteiger partial charge in [0.25, 0.3) is 0 Å². The Morgan fingerprint density at radius 3 is 3.22 bits per heavy atom. The van der Waals surface area contributed by atoms with Gasteiger partial charge in [0.1, 0.15) is 0 Å². The topological polar surface area (TPSA) is 28.2 Å². The highest BCUT2D eigenvalue weighted by Gasteiger charge is 2.14. The first-order valence-electron chi connectivity index (χ1n) is 6.59. The molecule has 3 rings (SSSR count). The zero-order chi connectivity index (χ0) is 12.4. The first-order chi connectivity index (χ1) is 8.81. The highest BCUT2D eigenvalue weighted by atomic mass is 32.1. The minimum Gasteiger partial charge on any atom is -0.382 e. The number of aromatic nitrogens is 1. The monoisotopic (exact) mass is 261 g/mol. The zero-order valence-corrected chi connectivity index (χ0v) is 11.5. The Morgan fingerprint density at radius 2 is 2.28 bits per heavy atom. The molecule has 0 aliphatic carbocycles. The number of nitrogens with one attached hydrogen (secondary N) is 1. The smallest absolute Gasteiger partial charge is 0.0813 e. The molecule has 1 atom stereocenters. The summed E-state index contributed by atoms with van der Waals surface area (Å²) in [7, 11) is 2.21. The SMILES string of the molecule is CN1CCCC(Nc2ccc3ncsc3c2)CC1. The normalized spacial score (nSPS) is 21.9. The molecule has 4 heteroatoms. The Morgan fingerprint density at radius 1 is 1.33 bits per heavy atom. The molecule has 1 saturated heterocycles. The molecule has 2 heterocycles. The Balaban J connectivity index is 1.71. The summed E-state index contributed by atoms with van der Waals surface area (Å²) in [5.74, 6) is 0. The molecule has 96 valence electrons. The molecule has 0 bridgehead atoms. The van der Waals surface area contributed by atoms with Crippen LogP contribution in [0.25, 0.3) is 10.2 Å². The standard InChI is InChI=1S/C14H19N3S/c1-17-7-2-3-11(6-8-17)16-12-4-5-13-14(9-12)18-10-15-13/h4-5,9-11,16H,2-3,6-8H2,1H3. The van der Waals surface area contributed by atoms with Crippen LogP contribution in [0.15, 0.2) is 23.7 Å². The average molecular weight is 261 g/mol. The lowest BCUT2D eigenvalue weighted by Crippen LogP contribution is -2.22. The van der Waals surface area contributed by atoms with Gasteiger partial charge in [0.05, 0.1) is 15.7 Å². The summed E-state index contributed by atoms with van der Waals surface area (Å²) >= 11 is 1.71. The van der Waals surface area contributed by atoms with Crippen molar-refractivity contribution >= 4 is 27.2 Å². The van der Waals surface area contributed by atoms with Crippen LogP contribution in [0.2, 0.25) is 0 Å². The number of likely N-dealkylation sites (tertiary alicyclic amines) is 1. The van der Waals surface area contributed by atoms with E-state index in [1.807, 2.05) is 5.51 Å². The third-order valence-corrected chi connectivity index (χ3v) is 4.45. The molecular weight excluding hydrogens is 242 g/mol. The van der Waals surface area contributed by atoms with Gasteiger partial charge in [-0.25, -0.2) is 4.98 Å². The fourth-order valence-corrected chi connectivity index (χ4v) is 3.28. The van der Waals surface area contributed by atoms with Crippen LogP contribution in [0.4, 0.5) is 5.69 Å². The van der Waals surface area contributed by atoms with E-state index in [2.05, 4.69) is 40.4 Å². The number of nitrogens with zero attached hydrogens (tertiary/aromatic N) is 2. The van der Waals surface area contributed by atoms with Crippen molar-refractivity contribution in [2.45, 2.75) is 25.3 Å². The van der Waals surface area contributed by atoms with Gasteiger partial charge in [-0.2, -0.15) is 0 Å². The summed E-state index contributed by atoms with van der Waals surface area (Å²) in [5.41, 5.74) is 4.25. The largest absolute Gasteiger partial charge is 0.382 e. The van der Waals surface area contributed by atoms with Crippen LogP contribution >= 0.6 is 11.3 Å². The maximum Gasteiger partial charge on any atom is 0.0813 e. The molecule has 0 saturated carbocycles. The highest BCUT2D eigenvalue weighted by Crippen LogP contribution is 2.23. The van der Waals surface area contributed by atoms with Crippen LogP contribution in [0.5, 0.6) is 0 Å². The van der Waals surface area contributed by atoms with Gasteiger partial charge < -0.3 is 10.2 Å². The Labute approximate surface area is 112 Å². The van der Waals surface area contributed by atoms with Crippen molar-refractivity contribution in [2.75, 3.05) is 25.5 Å². The molecule has 3 nitrogen and oxygen atoms in total. The second kappa shape index (κ2) is 5.24. The average Bonchev–Trinajstić information content (AvgIpc) is 2.74. The molecule has 1 aliphatic rings. The highest BCUT2D eigenvalue weighted by molar-refractivity contribution is 7.16. The van der Waals surface area contributed by atoms with Gasteiger partial charge in [-0.05, 0) is 57.6 Å². The van der Waals surface area contributed by atoms with E-state index < -0.39 is 0 Å². The van der Waals surface area contributed by atoms with Crippen LogP contribution in [-0.4, -0.2) is 36.1 Å². The van der Waals surface area contributed by atoms with E-state index in [0.29, 0.717) is 6.04 Å². The quantitative estimate of drug-likeness (QED) is 0.900. The summed E-state index contributed by atoms with van der Waals surface area (Å²) in [4.78, 5) is 6.74. The molecule has 0 radical (unpaired) electrons. The number of thiazole rings is 1. The zero-order valence-electron chi connectivity index (χ0n) is 10.7. The molecule has 0 spiro atoms. The van der Waals surface area contributed by atoms with Crippen molar-refractivity contribution in [2.24, 2.45) is 0 Å². The third kappa shape index (κ3) is 2.65. The molecule has 1 N–H and O–H groups in total. The van der Waals surface area contributed by atoms with E-state index in [4.69, 9.17) is 0 Å². The van der Waals surface area contributed by atoms with Crippen molar-refractivity contribution in [3.63, 3.8) is 0 Å². The molecule has 0 amide bonds. The van der Waals surface area contributed by atoms with Crippen LogP contribution in [0.3, 0.4) is 0 Å². The number of hydrogen-bond acceptors (Lipinski definition) is 4. The van der Waals surface area contributed by atoms with Crippen LogP contribution in [0, 0.1) is 0 Å². The van der Waals surface area contributed by atoms with Gasteiger partial charge in [-0.15, -0.1) is 11.3 Å². The van der Waals surface area contributed by atoms with Gasteiger partial charge in [-0.1, -0.05) is 0 Å². The van der Waals surface area contributed by atoms with Gasteiger partial charge >= 0.3 is 0 Å². The minimum atomic E-state index is 0.611. The van der Waals surface area contributed by atoms with E-state index >= 15 is 0 Å². The van der Waals surface area contributed by atoms with Crippen molar-refractivity contribution < 1.29 is 0 Å². The van der Waals surface area contributed by atoms with Crippen LogP contribution in [-0.2, 0) is 0 Å². The molecule has 1 fully saturated rings. The predicted molar refractivity (Wildman–Crippen MR) is 78.4 cm³/mol. The molecule has 1 aromatic heterocycles. The van der Waals surface area contributed by atoms with Gasteiger partial charge in [0.15, 0.2) is 0 Å². The van der Waals surface area contributed by atoms with Crippen molar-refractivity contribution in [3.8, 4) is 0 Å². The Bertz CT molecular complexity index is 522. The number of hydrogen-bond donors (Lipinski definition) is 1. The summed E-state index contributed by atoms with van der Waals surface area (Å²) < 4.78 is 1.27. The van der Waals surface area contributed by atoms with Gasteiger partial charge in [0.2, 0.25) is 0 Å². The van der Waals surface area contributed by atoms with Crippen LogP contribution in [0.1, 0.15) is 19.3 Å². The molecule has 1 aliphatic heterocycles. The Kier molecular flexibility index (Phi) is 3.48. The molecule has 18 heavy (non-hydrogen) atoms. The Hall–Kier alpha value is -1.13. The van der Waals surface area contributed by atoms with Gasteiger partial charge in [-0.3, -0.25) is 0 Å². The lowest BCUT2D eigenvalue weighted by molar-refractivity contribution is 0.348. The molecule has 1 unspecified atom stereocenters. The lowest BCUT2D eigenvalue weighted by atomic mass is 10.1. The fraction of sp³-hybridized carbons (Fsp3) is 0.500. The third-order valence-electron chi connectivity index (χ3n) is 3.65. The van der Waals surface area contributed by atoms with Crippen molar-refractivity contribution in [3.05, 3.63) is 23.7 Å². The number of rotatable bonds is 2. The van der Waals surface area contributed by atoms with E-state index in [-0.39, 0.29) is 0 Å². The van der Waals surface area contributed by atoms with Gasteiger partial charge in [0, 0.05) is 11.7 Å². The maximum atomic E-state index is 4.32. The van der Waals surface area contributed by atoms with E-state index in [9.17, 15) is 0 Å². The summed E-state index contributed by atoms with van der Waals surface area (Å²) in [6, 6.07) is 7.09. The summed E-state index contributed by atoms with van der Waals surface area (Å²) in [6.07, 6.45) is 3.79. The minimum absolute atomic E-state index is 0.611. The van der Waals surface area contributed by atoms with E-state index in [0.717, 1.165) is 5.52 Å². The summed E-state index contributed by atoms with van der Waals surface area (Å²) in [6.45, 7) is 2.42. The maximum absolute atomic E-state index is 4.32.